The van der Waals surface area contributed by atoms with E-state index in [9.17, 15) is 4.79 Å². The summed E-state index contributed by atoms with van der Waals surface area (Å²) < 4.78 is 6.75. The van der Waals surface area contributed by atoms with Crippen LogP contribution in [-0.2, 0) is 4.79 Å². The highest BCUT2D eigenvalue weighted by Crippen LogP contribution is 2.30. The second kappa shape index (κ2) is 8.29. The van der Waals surface area contributed by atoms with Crippen LogP contribution in [0.1, 0.15) is 5.56 Å². The number of amides is 1. The molecule has 26 heavy (non-hydrogen) atoms. The van der Waals surface area contributed by atoms with Crippen LogP contribution < -0.4 is 14.5 Å². The van der Waals surface area contributed by atoms with Gasteiger partial charge in [0.05, 0.1) is 37.4 Å². The lowest BCUT2D eigenvalue weighted by molar-refractivity contribution is -0.856. The number of hydrogen-bond donors (Lipinski definition) is 1. The third-order valence-electron chi connectivity index (χ3n) is 4.08. The van der Waals surface area contributed by atoms with Crippen molar-refractivity contribution in [2.24, 2.45) is 0 Å². The SMILES string of the molecule is Cc1cccc2sc(N(CC[NH+](C)C)C(=O)COc3ccccc3)nc12. The lowest BCUT2D eigenvalue weighted by Crippen LogP contribution is -3.06. The number of para-hydroxylation sites is 2. The first kappa shape index (κ1) is 18.4. The van der Waals surface area contributed by atoms with Crippen molar-refractivity contribution in [1.29, 1.82) is 0 Å². The van der Waals surface area contributed by atoms with Crippen LogP contribution in [0.2, 0.25) is 0 Å². The van der Waals surface area contributed by atoms with Gasteiger partial charge in [0.2, 0.25) is 0 Å². The predicted molar refractivity (Wildman–Crippen MR) is 106 cm³/mol. The molecule has 1 heterocycles. The maximum absolute atomic E-state index is 12.8. The third kappa shape index (κ3) is 4.39. The minimum atomic E-state index is -0.0770. The van der Waals surface area contributed by atoms with E-state index in [1.165, 1.54) is 4.90 Å². The number of likely N-dealkylation sites (N-methyl/N-ethyl adjacent to an activating group) is 1. The molecule has 0 unspecified atom stereocenters. The Balaban J connectivity index is 1.81. The lowest BCUT2D eigenvalue weighted by Gasteiger charge is -2.20. The second-order valence-corrected chi connectivity index (χ2v) is 7.53. The van der Waals surface area contributed by atoms with Gasteiger partial charge in [0.15, 0.2) is 11.7 Å². The Morgan fingerprint density at radius 3 is 2.62 bits per heavy atom. The van der Waals surface area contributed by atoms with E-state index in [0.717, 1.165) is 27.5 Å². The number of nitrogens with one attached hydrogen (secondary N) is 1. The molecule has 3 aromatic rings. The second-order valence-electron chi connectivity index (χ2n) is 6.52. The minimum absolute atomic E-state index is 0.00167. The molecule has 0 aliphatic rings. The highest BCUT2D eigenvalue weighted by atomic mass is 32.1. The highest BCUT2D eigenvalue weighted by molar-refractivity contribution is 7.22. The summed E-state index contributed by atoms with van der Waals surface area (Å²) >= 11 is 1.55. The van der Waals surface area contributed by atoms with Gasteiger partial charge in [-0.1, -0.05) is 41.7 Å². The van der Waals surface area contributed by atoms with Crippen LogP contribution in [-0.4, -0.2) is 44.7 Å². The van der Waals surface area contributed by atoms with Gasteiger partial charge < -0.3 is 9.64 Å². The topological polar surface area (TPSA) is 46.9 Å². The predicted octanol–water partition coefficient (Wildman–Crippen LogP) is 2.16. The zero-order valence-electron chi connectivity index (χ0n) is 15.4. The van der Waals surface area contributed by atoms with E-state index in [1.54, 1.807) is 16.2 Å². The van der Waals surface area contributed by atoms with Gasteiger partial charge in [-0.15, -0.1) is 0 Å². The van der Waals surface area contributed by atoms with Crippen molar-refractivity contribution in [3.05, 3.63) is 54.1 Å². The van der Waals surface area contributed by atoms with Crippen LogP contribution >= 0.6 is 11.3 Å². The zero-order valence-corrected chi connectivity index (χ0v) is 16.2. The van der Waals surface area contributed by atoms with Crippen molar-refractivity contribution in [1.82, 2.24) is 4.98 Å². The summed E-state index contributed by atoms with van der Waals surface area (Å²) in [6.07, 6.45) is 0. The number of benzene rings is 2. The quantitative estimate of drug-likeness (QED) is 0.693. The van der Waals surface area contributed by atoms with E-state index in [2.05, 4.69) is 14.1 Å². The molecule has 0 aliphatic carbocycles. The molecule has 1 N–H and O–H groups in total. The van der Waals surface area contributed by atoms with Gasteiger partial charge in [-0.25, -0.2) is 4.98 Å². The number of aromatic nitrogens is 1. The number of aryl methyl sites for hydroxylation is 1. The molecule has 0 fully saturated rings. The van der Waals surface area contributed by atoms with E-state index < -0.39 is 0 Å². The molecule has 5 nitrogen and oxygen atoms in total. The van der Waals surface area contributed by atoms with Gasteiger partial charge in [-0.05, 0) is 30.7 Å². The maximum atomic E-state index is 12.8. The van der Waals surface area contributed by atoms with Crippen LogP contribution in [0.5, 0.6) is 5.75 Å². The van der Waals surface area contributed by atoms with E-state index in [0.29, 0.717) is 12.3 Å². The number of nitrogens with zero attached hydrogens (tertiary/aromatic N) is 2. The minimum Gasteiger partial charge on any atom is -0.484 e. The Bertz CT molecular complexity index is 877. The van der Waals surface area contributed by atoms with Crippen molar-refractivity contribution in [3.8, 4) is 5.75 Å². The van der Waals surface area contributed by atoms with Gasteiger partial charge in [0, 0.05) is 0 Å². The number of hydrogen-bond acceptors (Lipinski definition) is 4. The lowest BCUT2D eigenvalue weighted by atomic mass is 10.2. The van der Waals surface area contributed by atoms with Crippen LogP contribution in [0.4, 0.5) is 5.13 Å². The Kier molecular flexibility index (Phi) is 5.85. The number of carbonyl (C=O) groups is 1. The number of rotatable bonds is 7. The molecular formula is C20H24N3O2S+. The molecule has 1 amide bonds. The average molecular weight is 370 g/mol. The van der Waals surface area contributed by atoms with E-state index in [1.807, 2.05) is 55.5 Å². The van der Waals surface area contributed by atoms with Crippen LogP contribution in [0.15, 0.2) is 48.5 Å². The third-order valence-corrected chi connectivity index (χ3v) is 5.13. The number of fused-ring (bicyclic) bond motifs is 1. The van der Waals surface area contributed by atoms with Crippen LogP contribution in [0.25, 0.3) is 10.2 Å². The van der Waals surface area contributed by atoms with Gasteiger partial charge in [0.25, 0.3) is 5.91 Å². The van der Waals surface area contributed by atoms with Gasteiger partial charge in [0.1, 0.15) is 5.75 Å². The fourth-order valence-corrected chi connectivity index (χ4v) is 3.68. The first-order valence-electron chi connectivity index (χ1n) is 8.68. The molecular weight excluding hydrogens is 346 g/mol. The fourth-order valence-electron chi connectivity index (χ4n) is 2.59. The molecule has 6 heteroatoms. The molecule has 2 aromatic carbocycles. The summed E-state index contributed by atoms with van der Waals surface area (Å²) in [7, 11) is 4.15. The molecule has 0 atom stereocenters. The van der Waals surface area contributed by atoms with Gasteiger partial charge >= 0.3 is 0 Å². The molecule has 0 spiro atoms. The Labute approximate surface area is 157 Å². The van der Waals surface area contributed by atoms with E-state index >= 15 is 0 Å². The summed E-state index contributed by atoms with van der Waals surface area (Å²) in [6, 6.07) is 15.5. The molecule has 0 saturated carbocycles. The average Bonchev–Trinajstić information content (AvgIpc) is 3.06. The van der Waals surface area contributed by atoms with Crippen molar-refractivity contribution in [2.75, 3.05) is 38.7 Å². The number of thiazole rings is 1. The smallest absolute Gasteiger partial charge is 0.266 e. The standard InChI is InChI=1S/C20H23N3O2S/c1-15-8-7-11-17-19(15)21-20(26-17)23(13-12-22(2)3)18(24)14-25-16-9-5-4-6-10-16/h4-11H,12-14H2,1-3H3/p+1. The van der Waals surface area contributed by atoms with E-state index in [4.69, 9.17) is 9.72 Å². The summed E-state index contributed by atoms with van der Waals surface area (Å²) in [5, 5.41) is 0.734. The molecule has 0 radical (unpaired) electrons. The van der Waals surface area contributed by atoms with Gasteiger partial charge in [-0.3, -0.25) is 9.69 Å². The van der Waals surface area contributed by atoms with Gasteiger partial charge in [-0.2, -0.15) is 0 Å². The molecule has 136 valence electrons. The molecule has 1 aromatic heterocycles. The van der Waals surface area contributed by atoms with E-state index in [-0.39, 0.29) is 12.5 Å². The Morgan fingerprint density at radius 2 is 1.92 bits per heavy atom. The van der Waals surface area contributed by atoms with Crippen LogP contribution in [0.3, 0.4) is 0 Å². The normalized spacial score (nSPS) is 11.1. The van der Waals surface area contributed by atoms with Crippen molar-refractivity contribution in [2.45, 2.75) is 6.92 Å². The summed E-state index contributed by atoms with van der Waals surface area (Å²) in [4.78, 5) is 20.6. The first-order chi connectivity index (χ1) is 12.5. The number of ether oxygens (including phenoxy) is 1. The zero-order chi connectivity index (χ0) is 18.5. The van der Waals surface area contributed by atoms with Crippen LogP contribution in [0, 0.1) is 6.92 Å². The van der Waals surface area contributed by atoms with Crippen molar-refractivity contribution >= 4 is 32.6 Å². The monoisotopic (exact) mass is 370 g/mol. The maximum Gasteiger partial charge on any atom is 0.266 e. The summed E-state index contributed by atoms with van der Waals surface area (Å²) in [5.41, 5.74) is 2.09. The van der Waals surface area contributed by atoms with Crippen molar-refractivity contribution < 1.29 is 14.4 Å². The largest absolute Gasteiger partial charge is 0.484 e. The first-order valence-corrected chi connectivity index (χ1v) is 9.49. The fraction of sp³-hybridized carbons (Fsp3) is 0.300. The molecule has 0 aliphatic heterocycles. The Morgan fingerprint density at radius 1 is 1.15 bits per heavy atom. The summed E-state index contributed by atoms with van der Waals surface area (Å²) in [6.45, 7) is 3.49. The number of quaternary nitrogens is 1. The molecule has 0 saturated heterocycles. The number of carbonyl (C=O) groups excluding carboxylic acids is 1. The van der Waals surface area contributed by atoms with Crippen molar-refractivity contribution in [3.63, 3.8) is 0 Å². The Hall–Kier alpha value is -2.44. The summed E-state index contributed by atoms with van der Waals surface area (Å²) in [5.74, 6) is 0.617. The number of anilines is 1. The highest BCUT2D eigenvalue weighted by Gasteiger charge is 2.21. The molecule has 3 rings (SSSR count). The molecule has 0 bridgehead atoms.